The zero-order chi connectivity index (χ0) is 15.4. The van der Waals surface area contributed by atoms with Crippen LogP contribution in [0.1, 0.15) is 36.6 Å². The van der Waals surface area contributed by atoms with Crippen LogP contribution in [0, 0.1) is 13.8 Å². The van der Waals surface area contributed by atoms with Crippen LogP contribution in [0.4, 0.5) is 5.82 Å². The fourth-order valence-electron chi connectivity index (χ4n) is 2.01. The molecule has 2 aromatic rings. The molecule has 112 valence electrons. The summed E-state index contributed by atoms with van der Waals surface area (Å²) in [5, 5.41) is 9.62. The summed E-state index contributed by atoms with van der Waals surface area (Å²) in [5.74, 6) is 1.43. The maximum atomic E-state index is 11.9. The van der Waals surface area contributed by atoms with Gasteiger partial charge in [-0.3, -0.25) is 9.89 Å². The molecule has 0 spiro atoms. The van der Waals surface area contributed by atoms with Crippen LogP contribution in [0.15, 0.2) is 24.3 Å². The number of amides is 1. The number of nitrogens with zero attached hydrogens (tertiary/aromatic N) is 1. The first kappa shape index (κ1) is 15.1. The lowest BCUT2D eigenvalue weighted by molar-refractivity contribution is -0.118. The molecule has 0 aliphatic rings. The highest BCUT2D eigenvalue weighted by Gasteiger charge is 2.12. The molecule has 0 fully saturated rings. The van der Waals surface area contributed by atoms with Gasteiger partial charge >= 0.3 is 0 Å². The lowest BCUT2D eigenvalue weighted by atomic mass is 10.0. The van der Waals surface area contributed by atoms with E-state index in [4.69, 9.17) is 4.74 Å². The predicted molar refractivity (Wildman–Crippen MR) is 82.7 cm³/mol. The van der Waals surface area contributed by atoms with E-state index in [1.54, 1.807) is 0 Å². The molecule has 2 N–H and O–H groups in total. The molecule has 5 nitrogen and oxygen atoms in total. The van der Waals surface area contributed by atoms with Gasteiger partial charge in [0.05, 0.1) is 0 Å². The molecule has 0 saturated carbocycles. The van der Waals surface area contributed by atoms with E-state index in [0.29, 0.717) is 11.7 Å². The highest BCUT2D eigenvalue weighted by Crippen LogP contribution is 2.25. The number of aromatic nitrogens is 2. The van der Waals surface area contributed by atoms with Gasteiger partial charge in [0.15, 0.2) is 12.4 Å². The molecule has 21 heavy (non-hydrogen) atoms. The van der Waals surface area contributed by atoms with Gasteiger partial charge in [0.2, 0.25) is 0 Å². The van der Waals surface area contributed by atoms with Gasteiger partial charge in [-0.1, -0.05) is 32.0 Å². The number of carbonyl (C=O) groups excluding carboxylic acids is 1. The van der Waals surface area contributed by atoms with Gasteiger partial charge in [-0.2, -0.15) is 5.10 Å². The Bertz CT molecular complexity index is 632. The van der Waals surface area contributed by atoms with E-state index < -0.39 is 0 Å². The molecular weight excluding hydrogens is 266 g/mol. The standard InChI is InChI=1S/C16H21N3O2/c1-10(2)13-7-5-6-8-14(13)21-9-15(20)17-16-11(3)12(4)18-19-16/h5-8,10H,9H2,1-4H3,(H2,17,18,19,20). The minimum absolute atomic E-state index is 0.0327. The third-order valence-corrected chi connectivity index (χ3v) is 3.41. The SMILES string of the molecule is Cc1[nH]nc(NC(=O)COc2ccccc2C(C)C)c1C. The van der Waals surface area contributed by atoms with Crippen molar-refractivity contribution in [2.24, 2.45) is 0 Å². The Hall–Kier alpha value is -2.30. The Morgan fingerprint density at radius 3 is 2.67 bits per heavy atom. The summed E-state index contributed by atoms with van der Waals surface area (Å²) < 4.78 is 5.63. The summed E-state index contributed by atoms with van der Waals surface area (Å²) in [6, 6.07) is 7.77. The largest absolute Gasteiger partial charge is 0.483 e. The predicted octanol–water partition coefficient (Wildman–Crippen LogP) is 3.17. The van der Waals surface area contributed by atoms with Crippen LogP contribution in [0.25, 0.3) is 0 Å². The molecule has 1 aromatic heterocycles. The minimum Gasteiger partial charge on any atom is -0.483 e. The van der Waals surface area contributed by atoms with Crippen molar-refractivity contribution in [1.82, 2.24) is 10.2 Å². The van der Waals surface area contributed by atoms with E-state index in [-0.39, 0.29) is 12.5 Å². The van der Waals surface area contributed by atoms with Crippen molar-refractivity contribution in [2.45, 2.75) is 33.6 Å². The summed E-state index contributed by atoms with van der Waals surface area (Å²) in [6.07, 6.45) is 0. The molecule has 0 aliphatic heterocycles. The molecule has 0 atom stereocenters. The number of H-pyrrole nitrogens is 1. The topological polar surface area (TPSA) is 67.0 Å². The number of para-hydroxylation sites is 1. The molecule has 0 radical (unpaired) electrons. The number of ether oxygens (including phenoxy) is 1. The van der Waals surface area contributed by atoms with Crippen molar-refractivity contribution in [1.29, 1.82) is 0 Å². The van der Waals surface area contributed by atoms with Gasteiger partial charge in [-0.25, -0.2) is 0 Å². The van der Waals surface area contributed by atoms with Crippen molar-refractivity contribution in [2.75, 3.05) is 11.9 Å². The first-order valence-corrected chi connectivity index (χ1v) is 7.02. The van der Waals surface area contributed by atoms with E-state index in [1.807, 2.05) is 38.1 Å². The summed E-state index contributed by atoms with van der Waals surface area (Å²) >= 11 is 0. The van der Waals surface area contributed by atoms with Crippen LogP contribution in [0.2, 0.25) is 0 Å². The number of aryl methyl sites for hydroxylation is 1. The lowest BCUT2D eigenvalue weighted by Crippen LogP contribution is -2.21. The second kappa shape index (κ2) is 6.43. The molecule has 0 unspecified atom stereocenters. The maximum absolute atomic E-state index is 11.9. The number of benzene rings is 1. The Morgan fingerprint density at radius 2 is 2.05 bits per heavy atom. The van der Waals surface area contributed by atoms with Gasteiger partial charge < -0.3 is 10.1 Å². The van der Waals surface area contributed by atoms with Crippen LogP contribution in [-0.4, -0.2) is 22.7 Å². The van der Waals surface area contributed by atoms with Crippen molar-refractivity contribution in [3.8, 4) is 5.75 Å². The summed E-state index contributed by atoms with van der Waals surface area (Å²) in [7, 11) is 0. The Kier molecular flexibility index (Phi) is 4.62. The second-order valence-corrected chi connectivity index (χ2v) is 5.35. The molecule has 0 bridgehead atoms. The number of hydrogen-bond acceptors (Lipinski definition) is 3. The number of rotatable bonds is 5. The van der Waals surface area contributed by atoms with Gasteiger partial charge in [0.25, 0.3) is 5.91 Å². The number of carbonyl (C=O) groups is 1. The van der Waals surface area contributed by atoms with E-state index in [0.717, 1.165) is 22.6 Å². The molecule has 5 heteroatoms. The van der Waals surface area contributed by atoms with Crippen LogP contribution in [0.3, 0.4) is 0 Å². The van der Waals surface area contributed by atoms with Gasteiger partial charge in [0.1, 0.15) is 5.75 Å². The highest BCUT2D eigenvalue weighted by atomic mass is 16.5. The number of nitrogens with one attached hydrogen (secondary N) is 2. The normalized spacial score (nSPS) is 10.7. The average Bonchev–Trinajstić information content (AvgIpc) is 2.77. The third-order valence-electron chi connectivity index (χ3n) is 3.41. The Balaban J connectivity index is 1.97. The van der Waals surface area contributed by atoms with E-state index in [2.05, 4.69) is 29.4 Å². The molecule has 0 aliphatic carbocycles. The quantitative estimate of drug-likeness (QED) is 0.887. The molecule has 0 saturated heterocycles. The third kappa shape index (κ3) is 3.62. The Morgan fingerprint density at radius 1 is 1.33 bits per heavy atom. The van der Waals surface area contributed by atoms with E-state index >= 15 is 0 Å². The minimum atomic E-state index is -0.219. The first-order valence-electron chi connectivity index (χ1n) is 7.02. The number of anilines is 1. The van der Waals surface area contributed by atoms with Crippen molar-refractivity contribution < 1.29 is 9.53 Å². The van der Waals surface area contributed by atoms with Gasteiger partial charge in [0, 0.05) is 11.3 Å². The molecule has 1 heterocycles. The molecular formula is C16H21N3O2. The monoisotopic (exact) mass is 287 g/mol. The van der Waals surface area contributed by atoms with E-state index in [1.165, 1.54) is 0 Å². The summed E-state index contributed by atoms with van der Waals surface area (Å²) in [5.41, 5.74) is 2.97. The van der Waals surface area contributed by atoms with Crippen molar-refractivity contribution in [3.05, 3.63) is 41.1 Å². The zero-order valence-corrected chi connectivity index (χ0v) is 12.9. The fourth-order valence-corrected chi connectivity index (χ4v) is 2.01. The molecule has 2 rings (SSSR count). The fraction of sp³-hybridized carbons (Fsp3) is 0.375. The van der Waals surface area contributed by atoms with Gasteiger partial charge in [-0.15, -0.1) is 0 Å². The van der Waals surface area contributed by atoms with E-state index in [9.17, 15) is 4.79 Å². The first-order chi connectivity index (χ1) is 9.99. The van der Waals surface area contributed by atoms with Crippen LogP contribution in [0.5, 0.6) is 5.75 Å². The van der Waals surface area contributed by atoms with Crippen LogP contribution in [-0.2, 0) is 4.79 Å². The average molecular weight is 287 g/mol. The highest BCUT2D eigenvalue weighted by molar-refractivity contribution is 5.91. The summed E-state index contributed by atoms with van der Waals surface area (Å²) in [6.45, 7) is 7.97. The zero-order valence-electron chi connectivity index (χ0n) is 12.9. The molecule has 1 amide bonds. The number of hydrogen-bond donors (Lipinski definition) is 2. The smallest absolute Gasteiger partial charge is 0.263 e. The number of aromatic amines is 1. The molecule has 1 aromatic carbocycles. The second-order valence-electron chi connectivity index (χ2n) is 5.35. The maximum Gasteiger partial charge on any atom is 0.263 e. The van der Waals surface area contributed by atoms with Crippen molar-refractivity contribution in [3.63, 3.8) is 0 Å². The van der Waals surface area contributed by atoms with Crippen molar-refractivity contribution >= 4 is 11.7 Å². The van der Waals surface area contributed by atoms with Crippen LogP contribution < -0.4 is 10.1 Å². The van der Waals surface area contributed by atoms with Crippen LogP contribution >= 0.6 is 0 Å². The lowest BCUT2D eigenvalue weighted by Gasteiger charge is -2.13. The van der Waals surface area contributed by atoms with Gasteiger partial charge in [-0.05, 0) is 31.4 Å². The Labute approximate surface area is 124 Å². The summed E-state index contributed by atoms with van der Waals surface area (Å²) in [4.78, 5) is 11.9.